The standard InChI is InChI=1S/C16H17N5O2/c1-9(13-10(2)19-20-11(13)3)17-15(22)16-18-14(21-23-16)12-7-5-4-6-8-12/h4-9H,1-3H3,(H,17,22)(H,19,20). The van der Waals surface area contributed by atoms with Gasteiger partial charge in [0, 0.05) is 16.8 Å². The van der Waals surface area contributed by atoms with Crippen LogP contribution in [0.1, 0.15) is 40.6 Å². The van der Waals surface area contributed by atoms with Crippen molar-refractivity contribution in [2.75, 3.05) is 0 Å². The molecule has 2 aromatic heterocycles. The van der Waals surface area contributed by atoms with Gasteiger partial charge in [0.15, 0.2) is 0 Å². The molecule has 3 aromatic rings. The smallest absolute Gasteiger partial charge is 0.316 e. The summed E-state index contributed by atoms with van der Waals surface area (Å²) in [6.45, 7) is 5.69. The first-order chi connectivity index (χ1) is 11.1. The lowest BCUT2D eigenvalue weighted by atomic mass is 10.1. The van der Waals surface area contributed by atoms with E-state index in [1.807, 2.05) is 51.1 Å². The lowest BCUT2D eigenvalue weighted by molar-refractivity contribution is 0.0895. The Labute approximate surface area is 133 Å². The van der Waals surface area contributed by atoms with Crippen LogP contribution in [0.4, 0.5) is 0 Å². The summed E-state index contributed by atoms with van der Waals surface area (Å²) in [5, 5.41) is 13.7. The van der Waals surface area contributed by atoms with Gasteiger partial charge < -0.3 is 9.84 Å². The van der Waals surface area contributed by atoms with Crippen molar-refractivity contribution in [3.63, 3.8) is 0 Å². The fourth-order valence-corrected chi connectivity index (χ4v) is 2.55. The summed E-state index contributed by atoms with van der Waals surface area (Å²) in [5.41, 5.74) is 3.53. The van der Waals surface area contributed by atoms with Crippen LogP contribution in [-0.2, 0) is 0 Å². The Bertz CT molecular complexity index is 803. The lowest BCUT2D eigenvalue weighted by Crippen LogP contribution is -2.27. The van der Waals surface area contributed by atoms with Gasteiger partial charge in [0.05, 0.1) is 11.7 Å². The Kier molecular flexibility index (Phi) is 3.92. The minimum absolute atomic E-state index is 0.0606. The van der Waals surface area contributed by atoms with Gasteiger partial charge in [-0.15, -0.1) is 0 Å². The van der Waals surface area contributed by atoms with Crippen molar-refractivity contribution in [3.05, 3.63) is 53.2 Å². The van der Waals surface area contributed by atoms with Crippen LogP contribution in [0.25, 0.3) is 11.4 Å². The van der Waals surface area contributed by atoms with Gasteiger partial charge in [-0.05, 0) is 20.8 Å². The molecule has 2 heterocycles. The first-order valence-electron chi connectivity index (χ1n) is 7.27. The summed E-state index contributed by atoms with van der Waals surface area (Å²) < 4.78 is 5.06. The topological polar surface area (TPSA) is 96.7 Å². The quantitative estimate of drug-likeness (QED) is 0.772. The fourth-order valence-electron chi connectivity index (χ4n) is 2.55. The Morgan fingerprint density at radius 2 is 2.00 bits per heavy atom. The highest BCUT2D eigenvalue weighted by Gasteiger charge is 2.21. The van der Waals surface area contributed by atoms with Gasteiger partial charge in [0.1, 0.15) is 0 Å². The summed E-state index contributed by atoms with van der Waals surface area (Å²) in [5.74, 6) is -0.0826. The van der Waals surface area contributed by atoms with E-state index in [2.05, 4.69) is 25.7 Å². The van der Waals surface area contributed by atoms with Crippen molar-refractivity contribution < 1.29 is 9.32 Å². The molecule has 1 aromatic carbocycles. The Morgan fingerprint density at radius 1 is 1.26 bits per heavy atom. The normalized spacial score (nSPS) is 12.1. The third-order valence-corrected chi connectivity index (χ3v) is 3.62. The number of nitrogens with zero attached hydrogens (tertiary/aromatic N) is 3. The van der Waals surface area contributed by atoms with E-state index in [4.69, 9.17) is 4.52 Å². The molecule has 0 aliphatic rings. The van der Waals surface area contributed by atoms with E-state index in [-0.39, 0.29) is 11.9 Å². The number of aromatic nitrogens is 4. The number of rotatable bonds is 4. The molecule has 1 unspecified atom stereocenters. The molecule has 7 nitrogen and oxygen atoms in total. The number of carbonyl (C=O) groups is 1. The molecule has 7 heteroatoms. The molecule has 2 N–H and O–H groups in total. The van der Waals surface area contributed by atoms with Gasteiger partial charge in [-0.25, -0.2) is 0 Å². The molecule has 118 valence electrons. The molecule has 0 spiro atoms. The molecule has 1 atom stereocenters. The summed E-state index contributed by atoms with van der Waals surface area (Å²) in [6.07, 6.45) is 0. The zero-order chi connectivity index (χ0) is 16.4. The zero-order valence-electron chi connectivity index (χ0n) is 13.1. The maximum Gasteiger partial charge on any atom is 0.316 e. The van der Waals surface area contributed by atoms with Crippen LogP contribution in [-0.4, -0.2) is 26.2 Å². The third kappa shape index (κ3) is 2.98. The van der Waals surface area contributed by atoms with E-state index in [0.717, 1.165) is 22.5 Å². The van der Waals surface area contributed by atoms with E-state index in [1.165, 1.54) is 0 Å². The summed E-state index contributed by atoms with van der Waals surface area (Å²) >= 11 is 0. The second-order valence-corrected chi connectivity index (χ2v) is 5.33. The van der Waals surface area contributed by atoms with Gasteiger partial charge in [0.2, 0.25) is 5.82 Å². The zero-order valence-corrected chi connectivity index (χ0v) is 13.1. The third-order valence-electron chi connectivity index (χ3n) is 3.62. The van der Waals surface area contributed by atoms with Crippen molar-refractivity contribution in [2.24, 2.45) is 0 Å². The first kappa shape index (κ1) is 15.0. The number of aryl methyl sites for hydroxylation is 2. The van der Waals surface area contributed by atoms with E-state index in [1.54, 1.807) is 0 Å². The second kappa shape index (κ2) is 6.04. The van der Waals surface area contributed by atoms with E-state index in [9.17, 15) is 4.79 Å². The maximum atomic E-state index is 12.3. The number of amides is 1. The van der Waals surface area contributed by atoms with Gasteiger partial charge >= 0.3 is 11.8 Å². The van der Waals surface area contributed by atoms with Crippen LogP contribution >= 0.6 is 0 Å². The molecule has 1 amide bonds. The minimum atomic E-state index is -0.410. The van der Waals surface area contributed by atoms with Crippen LogP contribution < -0.4 is 5.32 Å². The van der Waals surface area contributed by atoms with Crippen LogP contribution in [0.3, 0.4) is 0 Å². The predicted molar refractivity (Wildman–Crippen MR) is 83.7 cm³/mol. The number of carbonyl (C=O) groups excluding carboxylic acids is 1. The summed E-state index contributed by atoms with van der Waals surface area (Å²) in [4.78, 5) is 16.4. The summed E-state index contributed by atoms with van der Waals surface area (Å²) in [6, 6.07) is 9.14. The molecule has 0 fully saturated rings. The van der Waals surface area contributed by atoms with Crippen molar-refractivity contribution in [3.8, 4) is 11.4 Å². The summed E-state index contributed by atoms with van der Waals surface area (Å²) in [7, 11) is 0. The molecule has 0 aliphatic carbocycles. The molecule has 0 bridgehead atoms. The van der Waals surface area contributed by atoms with Gasteiger partial charge in [0.25, 0.3) is 0 Å². The SMILES string of the molecule is Cc1n[nH]c(C)c1C(C)NC(=O)c1nc(-c2ccccc2)no1. The molecule has 0 radical (unpaired) electrons. The Hall–Kier alpha value is -2.96. The van der Waals surface area contributed by atoms with Crippen molar-refractivity contribution in [2.45, 2.75) is 26.8 Å². The van der Waals surface area contributed by atoms with Crippen LogP contribution in [0, 0.1) is 13.8 Å². The van der Waals surface area contributed by atoms with Gasteiger partial charge in [-0.1, -0.05) is 35.5 Å². The average molecular weight is 311 g/mol. The number of nitrogens with one attached hydrogen (secondary N) is 2. The van der Waals surface area contributed by atoms with E-state index < -0.39 is 5.91 Å². The predicted octanol–water partition coefficient (Wildman–Crippen LogP) is 2.57. The van der Waals surface area contributed by atoms with Crippen molar-refractivity contribution >= 4 is 5.91 Å². The average Bonchev–Trinajstić information content (AvgIpc) is 3.15. The fraction of sp³-hybridized carbons (Fsp3) is 0.250. The highest BCUT2D eigenvalue weighted by Crippen LogP contribution is 2.20. The van der Waals surface area contributed by atoms with E-state index >= 15 is 0 Å². The molecule has 0 aliphatic heterocycles. The molecular formula is C16H17N5O2. The van der Waals surface area contributed by atoms with Crippen LogP contribution in [0.5, 0.6) is 0 Å². The molecule has 0 saturated carbocycles. The Morgan fingerprint density at radius 3 is 2.65 bits per heavy atom. The molecule has 3 rings (SSSR count). The number of hydrogen-bond donors (Lipinski definition) is 2. The van der Waals surface area contributed by atoms with Crippen LogP contribution in [0.15, 0.2) is 34.9 Å². The van der Waals surface area contributed by atoms with Crippen molar-refractivity contribution in [1.82, 2.24) is 25.7 Å². The van der Waals surface area contributed by atoms with Crippen molar-refractivity contribution in [1.29, 1.82) is 0 Å². The Balaban J connectivity index is 1.76. The monoisotopic (exact) mass is 311 g/mol. The van der Waals surface area contributed by atoms with Gasteiger partial charge in [-0.3, -0.25) is 9.89 Å². The lowest BCUT2D eigenvalue weighted by Gasteiger charge is -2.12. The van der Waals surface area contributed by atoms with Gasteiger partial charge in [-0.2, -0.15) is 10.1 Å². The van der Waals surface area contributed by atoms with Crippen LogP contribution in [0.2, 0.25) is 0 Å². The molecular weight excluding hydrogens is 294 g/mol. The molecule has 0 saturated heterocycles. The number of H-pyrrole nitrogens is 1. The highest BCUT2D eigenvalue weighted by molar-refractivity contribution is 5.90. The second-order valence-electron chi connectivity index (χ2n) is 5.33. The number of hydrogen-bond acceptors (Lipinski definition) is 5. The minimum Gasteiger partial charge on any atom is -0.341 e. The maximum absolute atomic E-state index is 12.3. The number of benzene rings is 1. The highest BCUT2D eigenvalue weighted by atomic mass is 16.5. The largest absolute Gasteiger partial charge is 0.341 e. The van der Waals surface area contributed by atoms with E-state index in [0.29, 0.717) is 5.82 Å². The first-order valence-corrected chi connectivity index (χ1v) is 7.27. The molecule has 23 heavy (non-hydrogen) atoms. The number of aromatic amines is 1.